The molecular formula is C24H18ClN5O2. The molecule has 0 amide bonds. The summed E-state index contributed by atoms with van der Waals surface area (Å²) in [5, 5.41) is 5.80. The third-order valence-corrected chi connectivity index (χ3v) is 5.50. The van der Waals surface area contributed by atoms with Crippen LogP contribution in [0, 0.1) is 0 Å². The van der Waals surface area contributed by atoms with Crippen LogP contribution in [0.3, 0.4) is 0 Å². The molecule has 0 aliphatic heterocycles. The van der Waals surface area contributed by atoms with Crippen molar-refractivity contribution in [2.45, 2.75) is 6.54 Å². The molecule has 0 fully saturated rings. The Morgan fingerprint density at radius 1 is 1.09 bits per heavy atom. The third-order valence-electron chi connectivity index (χ3n) is 5.24. The van der Waals surface area contributed by atoms with Crippen LogP contribution in [0.4, 0.5) is 0 Å². The molecule has 0 N–H and O–H groups in total. The molecule has 5 rings (SSSR count). The first kappa shape index (κ1) is 20.0. The van der Waals surface area contributed by atoms with Crippen LogP contribution >= 0.6 is 11.6 Å². The normalized spacial score (nSPS) is 11.1. The number of methoxy groups -OCH3 is 1. The molecule has 0 atom stereocenters. The number of aromatic nitrogens is 5. The lowest BCUT2D eigenvalue weighted by Gasteiger charge is -2.06. The van der Waals surface area contributed by atoms with Gasteiger partial charge >= 0.3 is 0 Å². The number of hydrogen-bond acceptors (Lipinski definition) is 5. The summed E-state index contributed by atoms with van der Waals surface area (Å²) in [5.74, 6) is 1.15. The van der Waals surface area contributed by atoms with E-state index in [2.05, 4.69) is 19.6 Å². The molecule has 0 bridgehead atoms. The van der Waals surface area contributed by atoms with Gasteiger partial charge in [-0.2, -0.15) is 5.10 Å². The van der Waals surface area contributed by atoms with Gasteiger partial charge in [0.25, 0.3) is 0 Å². The van der Waals surface area contributed by atoms with Gasteiger partial charge in [0, 0.05) is 52.7 Å². The van der Waals surface area contributed by atoms with Crippen molar-refractivity contribution in [1.82, 2.24) is 24.3 Å². The van der Waals surface area contributed by atoms with Gasteiger partial charge in [0.05, 0.1) is 18.9 Å². The SMILES string of the molecule is COc1ccc2c(c1)c(C(=O)c1cnn(-c3ccncn3)c1)cn2Cc1ccc(Cl)cc1. The molecule has 2 aromatic carbocycles. The van der Waals surface area contributed by atoms with Crippen LogP contribution in [0.5, 0.6) is 5.75 Å². The van der Waals surface area contributed by atoms with E-state index in [0.717, 1.165) is 16.5 Å². The number of carbonyl (C=O) groups is 1. The molecule has 0 unspecified atom stereocenters. The first-order chi connectivity index (χ1) is 15.6. The van der Waals surface area contributed by atoms with Crippen molar-refractivity contribution in [1.29, 1.82) is 0 Å². The van der Waals surface area contributed by atoms with Crippen molar-refractivity contribution in [3.8, 4) is 11.6 Å². The average Bonchev–Trinajstić information content (AvgIpc) is 3.46. The number of benzene rings is 2. The lowest BCUT2D eigenvalue weighted by Crippen LogP contribution is -2.01. The second kappa shape index (κ2) is 8.28. The summed E-state index contributed by atoms with van der Waals surface area (Å²) in [5.41, 5.74) is 3.07. The number of hydrogen-bond donors (Lipinski definition) is 0. The van der Waals surface area contributed by atoms with E-state index in [-0.39, 0.29) is 5.78 Å². The fourth-order valence-corrected chi connectivity index (χ4v) is 3.77. The summed E-state index contributed by atoms with van der Waals surface area (Å²) in [4.78, 5) is 21.5. The molecule has 0 saturated heterocycles. The third kappa shape index (κ3) is 3.74. The lowest BCUT2D eigenvalue weighted by atomic mass is 10.1. The number of nitrogens with zero attached hydrogens (tertiary/aromatic N) is 5. The summed E-state index contributed by atoms with van der Waals surface area (Å²) in [6.45, 7) is 0.605. The van der Waals surface area contributed by atoms with Gasteiger partial charge in [0.1, 0.15) is 12.1 Å². The summed E-state index contributed by atoms with van der Waals surface area (Å²) in [6, 6.07) is 15.1. The van der Waals surface area contributed by atoms with E-state index < -0.39 is 0 Å². The van der Waals surface area contributed by atoms with E-state index >= 15 is 0 Å². The molecule has 3 heterocycles. The van der Waals surface area contributed by atoms with Gasteiger partial charge in [-0.3, -0.25) is 4.79 Å². The zero-order chi connectivity index (χ0) is 22.1. The van der Waals surface area contributed by atoms with E-state index in [1.807, 2.05) is 48.7 Å². The molecule has 3 aromatic heterocycles. The van der Waals surface area contributed by atoms with Crippen molar-refractivity contribution >= 4 is 28.3 Å². The van der Waals surface area contributed by atoms with E-state index in [0.29, 0.717) is 34.3 Å². The second-order valence-electron chi connectivity index (χ2n) is 7.25. The van der Waals surface area contributed by atoms with Crippen molar-refractivity contribution in [3.63, 3.8) is 0 Å². The number of carbonyl (C=O) groups excluding carboxylic acids is 1. The first-order valence-corrected chi connectivity index (χ1v) is 10.3. The van der Waals surface area contributed by atoms with Crippen molar-refractivity contribution in [2.24, 2.45) is 0 Å². The fourth-order valence-electron chi connectivity index (χ4n) is 3.64. The highest BCUT2D eigenvalue weighted by molar-refractivity contribution is 6.30. The van der Waals surface area contributed by atoms with Gasteiger partial charge in [-0.25, -0.2) is 14.6 Å². The van der Waals surface area contributed by atoms with Gasteiger partial charge in [0.2, 0.25) is 0 Å². The Morgan fingerprint density at radius 3 is 2.69 bits per heavy atom. The molecule has 0 saturated carbocycles. The van der Waals surface area contributed by atoms with E-state index in [1.165, 1.54) is 6.33 Å². The molecule has 0 spiro atoms. The van der Waals surface area contributed by atoms with Gasteiger partial charge in [-0.15, -0.1) is 0 Å². The molecule has 158 valence electrons. The van der Waals surface area contributed by atoms with E-state index in [9.17, 15) is 4.79 Å². The van der Waals surface area contributed by atoms with Gasteiger partial charge in [-0.1, -0.05) is 23.7 Å². The van der Waals surface area contributed by atoms with Crippen molar-refractivity contribution in [2.75, 3.05) is 7.11 Å². The van der Waals surface area contributed by atoms with Crippen LogP contribution < -0.4 is 4.74 Å². The molecule has 7 nitrogen and oxygen atoms in total. The van der Waals surface area contributed by atoms with Crippen LogP contribution in [0.2, 0.25) is 5.02 Å². The molecule has 32 heavy (non-hydrogen) atoms. The highest BCUT2D eigenvalue weighted by Gasteiger charge is 2.19. The molecule has 0 radical (unpaired) electrons. The minimum Gasteiger partial charge on any atom is -0.497 e. The topological polar surface area (TPSA) is 74.8 Å². The molecule has 0 aliphatic rings. The Balaban J connectivity index is 1.56. The van der Waals surface area contributed by atoms with Crippen LogP contribution in [0.1, 0.15) is 21.5 Å². The molecule has 0 aliphatic carbocycles. The molecule has 5 aromatic rings. The number of halogens is 1. The Hall–Kier alpha value is -3.97. The number of rotatable bonds is 6. The fraction of sp³-hybridized carbons (Fsp3) is 0.0833. The Morgan fingerprint density at radius 2 is 1.94 bits per heavy atom. The zero-order valence-corrected chi connectivity index (χ0v) is 17.9. The maximum absolute atomic E-state index is 13.5. The number of fused-ring (bicyclic) bond motifs is 1. The second-order valence-corrected chi connectivity index (χ2v) is 7.69. The number of ketones is 1. The van der Waals surface area contributed by atoms with Crippen molar-refractivity contribution in [3.05, 3.63) is 101 Å². The molecule has 8 heteroatoms. The van der Waals surface area contributed by atoms with Gasteiger partial charge in [-0.05, 0) is 35.9 Å². The lowest BCUT2D eigenvalue weighted by molar-refractivity contribution is 0.104. The Bertz CT molecular complexity index is 1410. The standard InChI is InChI=1S/C24H18ClN5O2/c1-32-19-6-7-22-20(10-19)21(14-29(22)12-16-2-4-18(25)5-3-16)24(31)17-11-28-30(13-17)23-8-9-26-15-27-23/h2-11,13-15H,12H2,1H3. The maximum Gasteiger partial charge on any atom is 0.198 e. The smallest absolute Gasteiger partial charge is 0.198 e. The monoisotopic (exact) mass is 443 g/mol. The van der Waals surface area contributed by atoms with Crippen LogP contribution in [0.15, 0.2) is 79.6 Å². The van der Waals surface area contributed by atoms with Crippen molar-refractivity contribution < 1.29 is 9.53 Å². The summed E-state index contributed by atoms with van der Waals surface area (Å²) < 4.78 is 9.01. The summed E-state index contributed by atoms with van der Waals surface area (Å²) in [6.07, 6.45) is 8.17. The largest absolute Gasteiger partial charge is 0.497 e. The number of ether oxygens (including phenoxy) is 1. The van der Waals surface area contributed by atoms with Crippen LogP contribution in [0.25, 0.3) is 16.7 Å². The zero-order valence-electron chi connectivity index (χ0n) is 17.1. The first-order valence-electron chi connectivity index (χ1n) is 9.89. The maximum atomic E-state index is 13.5. The quantitative estimate of drug-likeness (QED) is 0.360. The Labute approximate surface area is 188 Å². The highest BCUT2D eigenvalue weighted by atomic mass is 35.5. The minimum absolute atomic E-state index is 0.126. The predicted molar refractivity (Wildman–Crippen MR) is 122 cm³/mol. The van der Waals surface area contributed by atoms with Crippen LogP contribution in [-0.2, 0) is 6.54 Å². The van der Waals surface area contributed by atoms with Gasteiger partial charge in [0.15, 0.2) is 11.6 Å². The predicted octanol–water partition coefficient (Wildman–Crippen LogP) is 4.56. The van der Waals surface area contributed by atoms with E-state index in [4.69, 9.17) is 16.3 Å². The minimum atomic E-state index is -0.126. The summed E-state index contributed by atoms with van der Waals surface area (Å²) in [7, 11) is 1.61. The average molecular weight is 444 g/mol. The van der Waals surface area contributed by atoms with Crippen LogP contribution in [-0.4, -0.2) is 37.2 Å². The molecular weight excluding hydrogens is 426 g/mol. The Kier molecular flexibility index (Phi) is 5.17. The van der Waals surface area contributed by atoms with E-state index in [1.54, 1.807) is 36.4 Å². The van der Waals surface area contributed by atoms with Gasteiger partial charge < -0.3 is 9.30 Å². The summed E-state index contributed by atoms with van der Waals surface area (Å²) >= 11 is 6.02. The highest BCUT2D eigenvalue weighted by Crippen LogP contribution is 2.29.